The van der Waals surface area contributed by atoms with Crippen LogP contribution in [0, 0.1) is 10.1 Å². The van der Waals surface area contributed by atoms with E-state index in [1.54, 1.807) is 19.2 Å². The van der Waals surface area contributed by atoms with Crippen LogP contribution in [-0.2, 0) is 0 Å². The van der Waals surface area contributed by atoms with Crippen LogP contribution in [0.3, 0.4) is 0 Å². The lowest BCUT2D eigenvalue weighted by Crippen LogP contribution is -2.18. The Hall–Kier alpha value is -3.67. The van der Waals surface area contributed by atoms with Gasteiger partial charge in [0.05, 0.1) is 29.5 Å². The van der Waals surface area contributed by atoms with Gasteiger partial charge < -0.3 is 4.74 Å². The van der Waals surface area contributed by atoms with Gasteiger partial charge in [-0.1, -0.05) is 42.5 Å². The Bertz CT molecular complexity index is 1020. The van der Waals surface area contributed by atoms with Gasteiger partial charge in [-0.05, 0) is 29.8 Å². The number of benzene rings is 3. The molecule has 1 atom stereocenters. The summed E-state index contributed by atoms with van der Waals surface area (Å²) in [6.07, 6.45) is 0.655. The summed E-state index contributed by atoms with van der Waals surface area (Å²) in [4.78, 5) is 10.8. The SMILES string of the molecule is COc1ccc([C@H]2CC(c3cccc([N+](=O)[O-])c3)=NN2c2ccccc2)cc1. The standard InChI is InChI=1S/C22H19N3O3/c1-28-20-12-10-16(11-13-20)22-15-21(17-6-5-9-19(14-17)25(26)27)23-24(22)18-7-3-2-4-8-18/h2-14,22H,15H2,1H3/t22-/m1/s1. The molecule has 1 heterocycles. The van der Waals surface area contributed by atoms with E-state index in [2.05, 4.69) is 0 Å². The zero-order valence-electron chi connectivity index (χ0n) is 15.4. The van der Waals surface area contributed by atoms with E-state index in [1.807, 2.05) is 65.7 Å². The van der Waals surface area contributed by atoms with Crippen LogP contribution >= 0.6 is 0 Å². The fourth-order valence-electron chi connectivity index (χ4n) is 3.39. The van der Waals surface area contributed by atoms with Gasteiger partial charge in [-0.3, -0.25) is 15.1 Å². The number of para-hydroxylation sites is 1. The van der Waals surface area contributed by atoms with Gasteiger partial charge in [0.15, 0.2) is 0 Å². The summed E-state index contributed by atoms with van der Waals surface area (Å²) in [5.74, 6) is 0.799. The Morgan fingerprint density at radius 3 is 2.46 bits per heavy atom. The molecule has 0 fully saturated rings. The highest BCUT2D eigenvalue weighted by Crippen LogP contribution is 2.37. The summed E-state index contributed by atoms with van der Waals surface area (Å²) in [6.45, 7) is 0. The normalized spacial score (nSPS) is 16.0. The van der Waals surface area contributed by atoms with E-state index in [0.717, 1.165) is 28.3 Å². The van der Waals surface area contributed by atoms with Crippen molar-refractivity contribution in [3.63, 3.8) is 0 Å². The number of rotatable bonds is 5. The van der Waals surface area contributed by atoms with Gasteiger partial charge in [0, 0.05) is 24.1 Å². The number of nitrogens with zero attached hydrogens (tertiary/aromatic N) is 3. The van der Waals surface area contributed by atoms with Crippen LogP contribution in [0.4, 0.5) is 11.4 Å². The van der Waals surface area contributed by atoms with Crippen molar-refractivity contribution in [1.29, 1.82) is 0 Å². The summed E-state index contributed by atoms with van der Waals surface area (Å²) < 4.78 is 5.26. The van der Waals surface area contributed by atoms with Crippen molar-refractivity contribution in [3.05, 3.63) is 100 Å². The zero-order chi connectivity index (χ0) is 19.5. The average molecular weight is 373 g/mol. The van der Waals surface area contributed by atoms with E-state index in [-0.39, 0.29) is 16.7 Å². The van der Waals surface area contributed by atoms with Crippen LogP contribution < -0.4 is 9.75 Å². The molecule has 0 aromatic heterocycles. The first-order chi connectivity index (χ1) is 13.7. The molecule has 0 bridgehead atoms. The number of nitro groups is 1. The molecule has 6 nitrogen and oxygen atoms in total. The third kappa shape index (κ3) is 3.44. The number of anilines is 1. The Labute approximate surface area is 162 Å². The van der Waals surface area contributed by atoms with Gasteiger partial charge >= 0.3 is 0 Å². The first kappa shape index (κ1) is 17.7. The largest absolute Gasteiger partial charge is 0.497 e. The summed E-state index contributed by atoms with van der Waals surface area (Å²) in [5, 5.41) is 18.0. The third-order valence-electron chi connectivity index (χ3n) is 4.82. The molecular weight excluding hydrogens is 354 g/mol. The second-order valence-electron chi connectivity index (χ2n) is 6.53. The Kier molecular flexibility index (Phi) is 4.76. The number of non-ortho nitro benzene ring substituents is 1. The third-order valence-corrected chi connectivity index (χ3v) is 4.82. The number of hydrogen-bond donors (Lipinski definition) is 0. The Morgan fingerprint density at radius 1 is 1.04 bits per heavy atom. The minimum absolute atomic E-state index is 0.00238. The molecule has 0 spiro atoms. The van der Waals surface area contributed by atoms with Gasteiger partial charge in [-0.15, -0.1) is 0 Å². The predicted molar refractivity (Wildman–Crippen MR) is 109 cm³/mol. The molecule has 1 aliphatic heterocycles. The molecule has 6 heteroatoms. The summed E-state index contributed by atoms with van der Waals surface area (Å²) in [5.41, 5.74) is 3.75. The molecule has 140 valence electrons. The molecule has 0 N–H and O–H groups in total. The van der Waals surface area contributed by atoms with Crippen molar-refractivity contribution >= 4 is 17.1 Å². The Morgan fingerprint density at radius 2 is 1.79 bits per heavy atom. The molecular formula is C22H19N3O3. The number of ether oxygens (including phenoxy) is 1. The topological polar surface area (TPSA) is 68.0 Å². The van der Waals surface area contributed by atoms with Crippen molar-refractivity contribution in [2.45, 2.75) is 12.5 Å². The molecule has 0 unspecified atom stereocenters. The molecule has 28 heavy (non-hydrogen) atoms. The first-order valence-electron chi connectivity index (χ1n) is 8.96. The lowest BCUT2D eigenvalue weighted by atomic mass is 9.98. The summed E-state index contributed by atoms with van der Waals surface area (Å²) in [6, 6.07) is 24.5. The smallest absolute Gasteiger partial charge is 0.270 e. The van der Waals surface area contributed by atoms with Crippen molar-refractivity contribution in [1.82, 2.24) is 0 Å². The number of nitro benzene ring substituents is 1. The van der Waals surface area contributed by atoms with Crippen LogP contribution in [0.25, 0.3) is 0 Å². The molecule has 0 radical (unpaired) electrons. The van der Waals surface area contributed by atoms with Crippen LogP contribution in [0.2, 0.25) is 0 Å². The van der Waals surface area contributed by atoms with Crippen molar-refractivity contribution < 1.29 is 9.66 Å². The van der Waals surface area contributed by atoms with Gasteiger partial charge in [-0.2, -0.15) is 5.10 Å². The molecule has 3 aromatic carbocycles. The first-order valence-corrected chi connectivity index (χ1v) is 8.96. The fourth-order valence-corrected chi connectivity index (χ4v) is 3.39. The minimum atomic E-state index is -0.380. The monoisotopic (exact) mass is 373 g/mol. The molecule has 0 amide bonds. The van der Waals surface area contributed by atoms with Gasteiger partial charge in [0.2, 0.25) is 0 Å². The van der Waals surface area contributed by atoms with E-state index in [0.29, 0.717) is 6.42 Å². The predicted octanol–water partition coefficient (Wildman–Crippen LogP) is 4.96. The number of hydrazone groups is 1. The van der Waals surface area contributed by atoms with Crippen molar-refractivity contribution in [2.24, 2.45) is 5.10 Å². The highest BCUT2D eigenvalue weighted by Gasteiger charge is 2.30. The van der Waals surface area contributed by atoms with Gasteiger partial charge in [0.25, 0.3) is 5.69 Å². The van der Waals surface area contributed by atoms with Gasteiger partial charge in [0.1, 0.15) is 5.75 Å². The highest BCUT2D eigenvalue weighted by atomic mass is 16.6. The molecule has 4 rings (SSSR count). The van der Waals surface area contributed by atoms with E-state index in [4.69, 9.17) is 9.84 Å². The van der Waals surface area contributed by atoms with Crippen LogP contribution in [-0.4, -0.2) is 17.7 Å². The van der Waals surface area contributed by atoms with E-state index in [1.165, 1.54) is 6.07 Å². The maximum Gasteiger partial charge on any atom is 0.270 e. The molecule has 0 aliphatic carbocycles. The number of methoxy groups -OCH3 is 1. The highest BCUT2D eigenvalue weighted by molar-refractivity contribution is 6.03. The summed E-state index contributed by atoms with van der Waals surface area (Å²) >= 11 is 0. The van der Waals surface area contributed by atoms with E-state index < -0.39 is 0 Å². The van der Waals surface area contributed by atoms with E-state index >= 15 is 0 Å². The van der Waals surface area contributed by atoms with Crippen LogP contribution in [0.1, 0.15) is 23.6 Å². The maximum absolute atomic E-state index is 11.1. The van der Waals surface area contributed by atoms with Crippen LogP contribution in [0.5, 0.6) is 5.75 Å². The van der Waals surface area contributed by atoms with Crippen molar-refractivity contribution in [3.8, 4) is 5.75 Å². The summed E-state index contributed by atoms with van der Waals surface area (Å²) in [7, 11) is 1.64. The van der Waals surface area contributed by atoms with Crippen molar-refractivity contribution in [2.75, 3.05) is 12.1 Å². The molecule has 3 aromatic rings. The lowest BCUT2D eigenvalue weighted by molar-refractivity contribution is -0.384. The Balaban J connectivity index is 1.73. The van der Waals surface area contributed by atoms with Crippen LogP contribution in [0.15, 0.2) is 84.0 Å². The quantitative estimate of drug-likeness (QED) is 0.468. The number of hydrogen-bond acceptors (Lipinski definition) is 5. The average Bonchev–Trinajstić information content (AvgIpc) is 3.20. The molecule has 0 saturated heterocycles. The van der Waals surface area contributed by atoms with E-state index in [9.17, 15) is 10.1 Å². The second kappa shape index (κ2) is 7.52. The second-order valence-corrected chi connectivity index (χ2v) is 6.53. The minimum Gasteiger partial charge on any atom is -0.497 e. The molecule has 1 aliphatic rings. The van der Waals surface area contributed by atoms with Gasteiger partial charge in [-0.25, -0.2) is 0 Å². The fraction of sp³-hybridized carbons (Fsp3) is 0.136. The maximum atomic E-state index is 11.1. The lowest BCUT2D eigenvalue weighted by Gasteiger charge is -2.24. The zero-order valence-corrected chi connectivity index (χ0v) is 15.4. The molecule has 0 saturated carbocycles.